The Morgan fingerprint density at radius 2 is 1.84 bits per heavy atom. The van der Waals surface area contributed by atoms with E-state index in [1.54, 1.807) is 6.07 Å². The molecule has 0 atom stereocenters. The number of rotatable bonds is 9. The predicted octanol–water partition coefficient (Wildman–Crippen LogP) is 4.08. The maximum Gasteiger partial charge on any atom is 0.453 e. The molecular formula is C21H31F3N6O. The number of nitrogens with one attached hydrogen (secondary N) is 1. The van der Waals surface area contributed by atoms with E-state index in [0.717, 1.165) is 23.3 Å². The Kier molecular flexibility index (Phi) is 7.72. The highest BCUT2D eigenvalue weighted by molar-refractivity contribution is 5.78. The van der Waals surface area contributed by atoms with Crippen LogP contribution in [-0.2, 0) is 11.0 Å². The second-order valence-corrected chi connectivity index (χ2v) is 8.63. The van der Waals surface area contributed by atoms with Crippen LogP contribution in [0.4, 0.5) is 19.0 Å². The van der Waals surface area contributed by atoms with Crippen molar-refractivity contribution in [2.75, 3.05) is 24.5 Å². The van der Waals surface area contributed by atoms with Crippen molar-refractivity contribution in [2.45, 2.75) is 65.0 Å². The summed E-state index contributed by atoms with van der Waals surface area (Å²) in [6.07, 6.45) is 2.49. The first kappa shape index (κ1) is 23.3. The second-order valence-electron chi connectivity index (χ2n) is 8.63. The maximum atomic E-state index is 13.1. The maximum absolute atomic E-state index is 13.1. The molecule has 2 aromatic heterocycles. The van der Waals surface area contributed by atoms with Gasteiger partial charge < -0.3 is 10.2 Å². The van der Waals surface area contributed by atoms with Crippen molar-refractivity contribution in [3.05, 3.63) is 18.0 Å². The molecule has 0 saturated carbocycles. The van der Waals surface area contributed by atoms with E-state index in [4.69, 9.17) is 0 Å². The zero-order chi connectivity index (χ0) is 22.4. The first-order valence-corrected chi connectivity index (χ1v) is 11.1. The third-order valence-electron chi connectivity index (χ3n) is 5.70. The normalized spacial score (nSPS) is 15.7. The summed E-state index contributed by atoms with van der Waals surface area (Å²) in [4.78, 5) is 14.3. The minimum atomic E-state index is -4.62. The highest BCUT2D eigenvalue weighted by Crippen LogP contribution is 2.28. The van der Waals surface area contributed by atoms with Crippen molar-refractivity contribution in [3.63, 3.8) is 0 Å². The van der Waals surface area contributed by atoms with Crippen LogP contribution in [-0.4, -0.2) is 45.4 Å². The van der Waals surface area contributed by atoms with Gasteiger partial charge in [0.15, 0.2) is 5.65 Å². The number of nitrogens with zero attached hydrogens (tertiary/aromatic N) is 5. The van der Waals surface area contributed by atoms with Crippen molar-refractivity contribution < 1.29 is 18.0 Å². The van der Waals surface area contributed by atoms with Crippen molar-refractivity contribution >= 4 is 17.4 Å². The average molecular weight is 441 g/mol. The van der Waals surface area contributed by atoms with Crippen molar-refractivity contribution in [2.24, 2.45) is 11.8 Å². The predicted molar refractivity (Wildman–Crippen MR) is 112 cm³/mol. The van der Waals surface area contributed by atoms with Crippen LogP contribution in [0, 0.1) is 11.8 Å². The molecule has 1 aliphatic rings. The number of alkyl halides is 3. The van der Waals surface area contributed by atoms with Gasteiger partial charge in [-0.1, -0.05) is 39.5 Å². The standard InChI is InChI=1S/C21H31F3N6O/c1-15(2)7-5-3-4-6-12-25-19(31)16-10-13-29(14-11-16)18-9-8-17-26-27-20(21(22,23)24)30(17)28-18/h8-9,15-16H,3-7,10-14H2,1-2H3,(H,25,31). The SMILES string of the molecule is CC(C)CCCCCCNC(=O)C1CCN(c2ccc3nnc(C(F)(F)F)n3n2)CC1. The zero-order valence-electron chi connectivity index (χ0n) is 18.2. The summed E-state index contributed by atoms with van der Waals surface area (Å²) in [5, 5.41) is 13.8. The van der Waals surface area contributed by atoms with E-state index in [2.05, 4.69) is 34.5 Å². The van der Waals surface area contributed by atoms with Gasteiger partial charge >= 0.3 is 6.18 Å². The molecule has 3 heterocycles. The lowest BCUT2D eigenvalue weighted by Crippen LogP contribution is -2.41. The molecular weight excluding hydrogens is 409 g/mol. The van der Waals surface area contributed by atoms with E-state index in [1.165, 1.54) is 25.3 Å². The Hall–Kier alpha value is -2.39. The molecule has 3 rings (SSSR count). The molecule has 0 aliphatic carbocycles. The molecule has 2 aromatic rings. The largest absolute Gasteiger partial charge is 0.453 e. The molecule has 0 aromatic carbocycles. The number of hydrogen-bond donors (Lipinski definition) is 1. The van der Waals surface area contributed by atoms with Crippen LogP contribution < -0.4 is 10.2 Å². The quantitative estimate of drug-likeness (QED) is 0.595. The number of carbonyl (C=O) groups is 1. The van der Waals surface area contributed by atoms with Gasteiger partial charge in [0.05, 0.1) is 0 Å². The summed E-state index contributed by atoms with van der Waals surface area (Å²) in [5.74, 6) is 0.0387. The first-order chi connectivity index (χ1) is 14.8. The molecule has 0 unspecified atom stereocenters. The Labute approximate surface area is 180 Å². The Bertz CT molecular complexity index is 858. The van der Waals surface area contributed by atoms with Gasteiger partial charge in [-0.25, -0.2) is 0 Å². The first-order valence-electron chi connectivity index (χ1n) is 11.1. The number of halogens is 3. The van der Waals surface area contributed by atoms with Gasteiger partial charge in [0.2, 0.25) is 5.91 Å². The Balaban J connectivity index is 1.44. The molecule has 0 radical (unpaired) electrons. The van der Waals surface area contributed by atoms with E-state index in [1.807, 2.05) is 4.90 Å². The third kappa shape index (κ3) is 6.30. The third-order valence-corrected chi connectivity index (χ3v) is 5.70. The minimum Gasteiger partial charge on any atom is -0.356 e. The number of fused-ring (bicyclic) bond motifs is 1. The number of amides is 1. The number of carbonyl (C=O) groups excluding carboxylic acids is 1. The fraction of sp³-hybridized carbons (Fsp3) is 0.714. The molecule has 1 aliphatic heterocycles. The summed E-state index contributed by atoms with van der Waals surface area (Å²) in [6, 6.07) is 3.12. The number of anilines is 1. The lowest BCUT2D eigenvalue weighted by atomic mass is 9.96. The van der Waals surface area contributed by atoms with Crippen LogP contribution in [0.15, 0.2) is 12.1 Å². The van der Waals surface area contributed by atoms with Gasteiger partial charge in [-0.3, -0.25) is 4.79 Å². The fourth-order valence-electron chi connectivity index (χ4n) is 3.88. The summed E-state index contributed by atoms with van der Waals surface area (Å²) in [7, 11) is 0. The van der Waals surface area contributed by atoms with Gasteiger partial charge in [-0.15, -0.1) is 15.3 Å². The Morgan fingerprint density at radius 1 is 1.13 bits per heavy atom. The van der Waals surface area contributed by atoms with E-state index < -0.39 is 12.0 Å². The second kappa shape index (κ2) is 10.3. The van der Waals surface area contributed by atoms with E-state index in [0.29, 0.717) is 38.3 Å². The highest BCUT2D eigenvalue weighted by atomic mass is 19.4. The van der Waals surface area contributed by atoms with Crippen molar-refractivity contribution in [3.8, 4) is 0 Å². The van der Waals surface area contributed by atoms with Gasteiger partial charge in [0.1, 0.15) is 5.82 Å². The number of piperidine rings is 1. The topological polar surface area (TPSA) is 75.4 Å². The molecule has 1 N–H and O–H groups in total. The molecule has 0 bridgehead atoms. The molecule has 172 valence electrons. The van der Waals surface area contributed by atoms with Crippen molar-refractivity contribution in [1.29, 1.82) is 0 Å². The molecule has 1 fully saturated rings. The lowest BCUT2D eigenvalue weighted by molar-refractivity contribution is -0.146. The fourth-order valence-corrected chi connectivity index (χ4v) is 3.88. The van der Waals surface area contributed by atoms with E-state index in [-0.39, 0.29) is 17.5 Å². The smallest absolute Gasteiger partial charge is 0.356 e. The summed E-state index contributed by atoms with van der Waals surface area (Å²) in [5.41, 5.74) is 0.0505. The number of hydrogen-bond acceptors (Lipinski definition) is 5. The van der Waals surface area contributed by atoms with Gasteiger partial charge in [0.25, 0.3) is 5.82 Å². The van der Waals surface area contributed by atoms with Crippen LogP contribution in [0.5, 0.6) is 0 Å². The minimum absolute atomic E-state index is 0.0505. The van der Waals surface area contributed by atoms with E-state index in [9.17, 15) is 18.0 Å². The average Bonchev–Trinajstić information content (AvgIpc) is 3.16. The molecule has 0 spiro atoms. The van der Waals surface area contributed by atoms with Crippen LogP contribution in [0.1, 0.15) is 64.6 Å². The highest BCUT2D eigenvalue weighted by Gasteiger charge is 2.38. The zero-order valence-corrected chi connectivity index (χ0v) is 18.2. The molecule has 1 amide bonds. The van der Waals surface area contributed by atoms with Gasteiger partial charge in [-0.2, -0.15) is 17.7 Å². The summed E-state index contributed by atoms with van der Waals surface area (Å²) >= 11 is 0. The van der Waals surface area contributed by atoms with Crippen LogP contribution in [0.25, 0.3) is 5.65 Å². The van der Waals surface area contributed by atoms with E-state index >= 15 is 0 Å². The van der Waals surface area contributed by atoms with Gasteiger partial charge in [-0.05, 0) is 37.3 Å². The van der Waals surface area contributed by atoms with Crippen LogP contribution in [0.2, 0.25) is 0 Å². The monoisotopic (exact) mass is 440 g/mol. The molecule has 7 nitrogen and oxygen atoms in total. The number of unbranched alkanes of at least 4 members (excludes halogenated alkanes) is 3. The van der Waals surface area contributed by atoms with Crippen LogP contribution in [0.3, 0.4) is 0 Å². The number of aromatic nitrogens is 4. The summed E-state index contributed by atoms with van der Waals surface area (Å²) < 4.78 is 39.9. The Morgan fingerprint density at radius 3 is 2.52 bits per heavy atom. The molecule has 10 heteroatoms. The molecule has 31 heavy (non-hydrogen) atoms. The molecule has 1 saturated heterocycles. The lowest BCUT2D eigenvalue weighted by Gasteiger charge is -2.32. The van der Waals surface area contributed by atoms with Crippen LogP contribution >= 0.6 is 0 Å². The van der Waals surface area contributed by atoms with Gasteiger partial charge in [0, 0.05) is 25.6 Å². The summed E-state index contributed by atoms with van der Waals surface area (Å²) in [6.45, 7) is 6.29. The van der Waals surface area contributed by atoms with Crippen molar-refractivity contribution in [1.82, 2.24) is 25.1 Å².